The molecule has 8 rings (SSSR count). The summed E-state index contributed by atoms with van der Waals surface area (Å²) in [7, 11) is 0. The molecule has 0 saturated carbocycles. The third-order valence-corrected chi connectivity index (χ3v) is 15.4. The summed E-state index contributed by atoms with van der Waals surface area (Å²) >= 11 is 0. The number of carboxylic acid groups (broad SMARTS) is 1. The molecule has 0 unspecified atom stereocenters. The van der Waals surface area contributed by atoms with Crippen molar-refractivity contribution < 1.29 is 193 Å². The Kier molecular flexibility index (Phi) is 23.3. The quantitative estimate of drug-likeness (QED) is 0.0571. The SMILES string of the molecule is O=C(O)[C@H]1O[C@@H](O[C@H]2[C@@H](OC[C@H]3O[C@@H](O[C@H]4[C@H](O)[C@@H](O)[C@H](O[C@H]5[C@H](O)[C@@H](O)[C@H](O[C@H]6[C@H](O)[C@@H](O)[C@H](O)O[C@@H]6CO)O[C@@H]5CO[C@H]5OC[C@@H](O)[C@H](O)[C@H]5O)O[C@@H]4CO[C@H]4OC[C@@H](O)[C@H](O)[C@H]4O)[C@H](O)[C@@H](O)[C@@H]3O)OC[C@@H](O)[C@@H]2O)[C@H](O)[C@@H](O)[C@H]1O. The highest BCUT2D eigenvalue weighted by atomic mass is 16.8. The first kappa shape index (κ1) is 67.9. The zero-order chi connectivity index (χ0) is 61.5. The Morgan fingerprint density at radius 1 is 0.321 bits per heavy atom. The van der Waals surface area contributed by atoms with Crippen molar-refractivity contribution >= 4 is 5.97 Å². The van der Waals surface area contributed by atoms with Crippen molar-refractivity contribution in [2.24, 2.45) is 0 Å². The lowest BCUT2D eigenvalue weighted by Gasteiger charge is -2.49. The molecule has 0 aliphatic carbocycles. The van der Waals surface area contributed by atoms with Gasteiger partial charge < -0.3 is 189 Å². The van der Waals surface area contributed by atoms with E-state index in [-0.39, 0.29) is 0 Å². The maximum Gasteiger partial charge on any atom is 0.335 e. The van der Waals surface area contributed by atoms with Gasteiger partial charge in [0.1, 0.15) is 171 Å². The summed E-state index contributed by atoms with van der Waals surface area (Å²) in [5.41, 5.74) is 0. The average Bonchev–Trinajstić information content (AvgIpc) is 2.57. The molecule has 0 amide bonds. The monoisotopic (exact) mass is 1240 g/mol. The first-order valence-corrected chi connectivity index (χ1v) is 26.4. The lowest BCUT2D eigenvalue weighted by molar-refractivity contribution is -0.394. The summed E-state index contributed by atoms with van der Waals surface area (Å²) in [5.74, 6) is -1.80. The minimum atomic E-state index is -2.38. The lowest BCUT2D eigenvalue weighted by Crippen LogP contribution is -2.68. The second-order valence-corrected chi connectivity index (χ2v) is 21.2. The molecule has 8 fully saturated rings. The standard InChI is InChI=1S/C45H74O39/c46-1-11-32(22(57)25(60)38(69)76-11)80-42-30(65)23(58)34(14(78-42)7-74-40-27(62)16(51)9(48)3-71-40)82-43-31(66)24(59)33(13(79-43)6-73-39-26(61)15(50)8(47)2-70-39)81-41-28(63)19(54)18(53)12(77-41)5-75-45-36(17(52)10(49)4-72-45)84-44-29(64)20(55)21(56)35(83-44)37(67)68/h8-36,38-66,69H,1-7H2,(H,67,68)/t8-,9-,10-,11-,12-,13-,14-,15+,16+,17+,18-,19+,20+,21-,22-,23-,24-,25-,26-,27-,28-,29-,30-,31-,32-,33-,34-,35+,36-,38-,39-,40-,41+,42+,43+,44+,45-/m1/s1. The molecule has 0 bridgehead atoms. The molecular formula is C45H74O39. The fourth-order valence-corrected chi connectivity index (χ4v) is 10.3. The number of aliphatic hydroxyl groups is 22. The summed E-state index contributed by atoms with van der Waals surface area (Å²) in [6.45, 7) is -5.59. The van der Waals surface area contributed by atoms with Gasteiger partial charge in [0, 0.05) is 0 Å². The molecule has 39 nitrogen and oxygen atoms in total. The smallest absolute Gasteiger partial charge is 0.335 e. The van der Waals surface area contributed by atoms with Crippen LogP contribution in [0.15, 0.2) is 0 Å². The lowest BCUT2D eigenvalue weighted by atomic mass is 9.95. The van der Waals surface area contributed by atoms with Gasteiger partial charge in [0.25, 0.3) is 0 Å². The van der Waals surface area contributed by atoms with E-state index >= 15 is 0 Å². The van der Waals surface area contributed by atoms with Crippen LogP contribution in [-0.2, 0) is 75.8 Å². The van der Waals surface area contributed by atoms with Crippen LogP contribution in [0.4, 0.5) is 0 Å². The molecule has 8 aliphatic rings. The fourth-order valence-electron chi connectivity index (χ4n) is 10.3. The highest BCUT2D eigenvalue weighted by Crippen LogP contribution is 2.37. The van der Waals surface area contributed by atoms with Crippen LogP contribution in [0.2, 0.25) is 0 Å². The number of carboxylic acids is 1. The van der Waals surface area contributed by atoms with Crippen molar-refractivity contribution in [3.63, 3.8) is 0 Å². The van der Waals surface area contributed by atoms with Crippen molar-refractivity contribution in [3.8, 4) is 0 Å². The third-order valence-electron chi connectivity index (χ3n) is 15.4. The van der Waals surface area contributed by atoms with Crippen LogP contribution >= 0.6 is 0 Å². The highest BCUT2D eigenvalue weighted by molar-refractivity contribution is 5.73. The van der Waals surface area contributed by atoms with E-state index in [0.717, 1.165) is 0 Å². The Morgan fingerprint density at radius 2 is 0.667 bits per heavy atom. The van der Waals surface area contributed by atoms with Gasteiger partial charge in [0.2, 0.25) is 0 Å². The Labute approximate surface area is 472 Å². The van der Waals surface area contributed by atoms with Crippen LogP contribution in [0.25, 0.3) is 0 Å². The maximum absolute atomic E-state index is 11.9. The summed E-state index contributed by atoms with van der Waals surface area (Å²) in [6, 6.07) is 0. The van der Waals surface area contributed by atoms with Gasteiger partial charge in [-0.05, 0) is 0 Å². The largest absolute Gasteiger partial charge is 0.479 e. The van der Waals surface area contributed by atoms with Gasteiger partial charge in [0.05, 0.1) is 46.2 Å². The molecule has 8 heterocycles. The number of ether oxygens (including phenoxy) is 15. The number of rotatable bonds is 19. The Hall–Kier alpha value is -2.01. The predicted molar refractivity (Wildman–Crippen MR) is 247 cm³/mol. The summed E-state index contributed by atoms with van der Waals surface area (Å²) in [5, 5.41) is 245. The molecule has 84 heavy (non-hydrogen) atoms. The van der Waals surface area contributed by atoms with Crippen molar-refractivity contribution in [3.05, 3.63) is 0 Å². The molecule has 0 radical (unpaired) electrons. The molecule has 23 N–H and O–H groups in total. The second kappa shape index (κ2) is 28.9. The van der Waals surface area contributed by atoms with Crippen molar-refractivity contribution in [2.75, 3.05) is 46.2 Å². The van der Waals surface area contributed by atoms with Gasteiger partial charge in [0.15, 0.2) is 56.4 Å². The van der Waals surface area contributed by atoms with Crippen LogP contribution in [-0.4, -0.2) is 397 Å². The van der Waals surface area contributed by atoms with Gasteiger partial charge in [-0.3, -0.25) is 0 Å². The molecule has 8 aliphatic heterocycles. The zero-order valence-corrected chi connectivity index (χ0v) is 43.6. The molecule has 0 aromatic rings. The first-order chi connectivity index (χ1) is 39.6. The fraction of sp³-hybridized carbons (Fsp3) is 0.978. The average molecular weight is 1240 g/mol. The van der Waals surface area contributed by atoms with E-state index in [4.69, 9.17) is 71.1 Å². The van der Waals surface area contributed by atoms with Crippen LogP contribution in [0.1, 0.15) is 0 Å². The summed E-state index contributed by atoms with van der Waals surface area (Å²) < 4.78 is 84.0. The molecule has 0 aromatic carbocycles. The summed E-state index contributed by atoms with van der Waals surface area (Å²) in [6.07, 6.45) is -74.2. The van der Waals surface area contributed by atoms with Gasteiger partial charge in [-0.1, -0.05) is 0 Å². The Balaban J connectivity index is 1.01. The predicted octanol–water partition coefficient (Wildman–Crippen LogP) is -16.4. The molecule has 37 atom stereocenters. The molecule has 39 heteroatoms. The maximum atomic E-state index is 11.9. The van der Waals surface area contributed by atoms with E-state index in [9.17, 15) is 122 Å². The van der Waals surface area contributed by atoms with Gasteiger partial charge >= 0.3 is 5.97 Å². The Bertz CT molecular complexity index is 2060. The van der Waals surface area contributed by atoms with E-state index in [1.54, 1.807) is 0 Å². The van der Waals surface area contributed by atoms with Crippen LogP contribution < -0.4 is 0 Å². The van der Waals surface area contributed by atoms with Gasteiger partial charge in [-0.2, -0.15) is 0 Å². The third kappa shape index (κ3) is 14.4. The Morgan fingerprint density at radius 3 is 1.13 bits per heavy atom. The number of hydrogen-bond donors (Lipinski definition) is 23. The van der Waals surface area contributed by atoms with Gasteiger partial charge in [-0.25, -0.2) is 4.79 Å². The highest BCUT2D eigenvalue weighted by Gasteiger charge is 2.57. The van der Waals surface area contributed by atoms with E-state index in [2.05, 4.69) is 0 Å². The van der Waals surface area contributed by atoms with E-state index in [0.29, 0.717) is 0 Å². The normalized spacial score (nSPS) is 53.3. The van der Waals surface area contributed by atoms with E-state index < -0.39 is 280 Å². The zero-order valence-electron chi connectivity index (χ0n) is 43.6. The first-order valence-electron chi connectivity index (χ1n) is 26.4. The van der Waals surface area contributed by atoms with Crippen LogP contribution in [0.5, 0.6) is 0 Å². The molecule has 0 aromatic heterocycles. The van der Waals surface area contributed by atoms with Crippen LogP contribution in [0.3, 0.4) is 0 Å². The molecule has 488 valence electrons. The minimum absolute atomic E-state index is 0.575. The van der Waals surface area contributed by atoms with Crippen LogP contribution in [0, 0.1) is 0 Å². The topological polar surface area (TPSA) is 621 Å². The summed E-state index contributed by atoms with van der Waals surface area (Å²) in [4.78, 5) is 11.7. The molecule has 8 saturated heterocycles. The van der Waals surface area contributed by atoms with E-state index in [1.165, 1.54) is 0 Å². The second-order valence-electron chi connectivity index (χ2n) is 21.2. The molecule has 0 spiro atoms. The van der Waals surface area contributed by atoms with Gasteiger partial charge in [-0.15, -0.1) is 0 Å². The number of carbonyl (C=O) groups is 1. The number of hydrogen-bond acceptors (Lipinski definition) is 38. The minimum Gasteiger partial charge on any atom is -0.479 e. The number of aliphatic carboxylic acids is 1. The van der Waals surface area contributed by atoms with Crippen molar-refractivity contribution in [1.82, 2.24) is 0 Å². The van der Waals surface area contributed by atoms with E-state index in [1.807, 2.05) is 0 Å². The number of aliphatic hydroxyl groups excluding tert-OH is 22. The molecular weight excluding hydrogens is 1160 g/mol. The van der Waals surface area contributed by atoms with Crippen molar-refractivity contribution in [1.29, 1.82) is 0 Å². The van der Waals surface area contributed by atoms with Crippen molar-refractivity contribution in [2.45, 2.75) is 227 Å².